The van der Waals surface area contributed by atoms with Crippen molar-refractivity contribution in [1.29, 1.82) is 0 Å². The first-order valence-corrected chi connectivity index (χ1v) is 27.7. The number of thiazole rings is 1. The van der Waals surface area contributed by atoms with Gasteiger partial charge in [-0.15, -0.1) is 11.3 Å². The van der Waals surface area contributed by atoms with Gasteiger partial charge in [0.05, 0.1) is 10.7 Å². The zero-order valence-corrected chi connectivity index (χ0v) is 49.9. The Morgan fingerprint density at radius 1 is 0.310 bits per heavy atom. The molecule has 0 aliphatic carbocycles. The third-order valence-corrected chi connectivity index (χ3v) is 12.8. The molecule has 0 saturated heterocycles. The molecule has 0 radical (unpaired) electrons. The summed E-state index contributed by atoms with van der Waals surface area (Å²) in [6.45, 7) is 52.2. The predicted molar refractivity (Wildman–Crippen MR) is 310 cm³/mol. The summed E-state index contributed by atoms with van der Waals surface area (Å²) < 4.78 is 0. The number of aromatic nitrogens is 7. The fourth-order valence-electron chi connectivity index (χ4n) is 6.32. The van der Waals surface area contributed by atoms with E-state index in [4.69, 9.17) is 0 Å². The van der Waals surface area contributed by atoms with Crippen LogP contribution in [-0.4, -0.2) is 34.9 Å². The second kappa shape index (κ2) is 33.1. The number of hydrogen-bond acceptors (Lipinski definition) is 8. The molecule has 0 spiro atoms. The number of hydrogen-bond donors (Lipinski definition) is 0. The van der Waals surface area contributed by atoms with E-state index < -0.39 is 0 Å². The molecule has 0 aliphatic heterocycles. The molecule has 0 aliphatic rings. The van der Waals surface area contributed by atoms with Crippen molar-refractivity contribution in [2.45, 2.75) is 237 Å². The van der Waals surface area contributed by atoms with Gasteiger partial charge < -0.3 is 0 Å². The highest BCUT2D eigenvalue weighted by Gasteiger charge is 2.10. The third-order valence-electron chi connectivity index (χ3n) is 11.6. The summed E-state index contributed by atoms with van der Waals surface area (Å²) in [6.07, 6.45) is 9.57. The quantitative estimate of drug-likeness (QED) is 0.121. The predicted octanol–water partition coefficient (Wildman–Crippen LogP) is 19.4. The topological polar surface area (TPSA) is 90.2 Å². The highest BCUT2D eigenvalue weighted by atomic mass is 32.1. The van der Waals surface area contributed by atoms with Crippen molar-refractivity contribution >= 4 is 11.3 Å². The van der Waals surface area contributed by atoms with Gasteiger partial charge >= 0.3 is 0 Å². The summed E-state index contributed by atoms with van der Waals surface area (Å²) in [6, 6.07) is 19.1. The van der Waals surface area contributed by atoms with E-state index >= 15 is 0 Å². The van der Waals surface area contributed by atoms with Gasteiger partial charge in [-0.25, -0.2) is 15.0 Å². The molecule has 7 nitrogen and oxygen atoms in total. The lowest BCUT2D eigenvalue weighted by atomic mass is 9.99. The second-order valence-corrected chi connectivity index (χ2v) is 23.3. The molecular weight excluding hydrogens is 887 g/mol. The maximum absolute atomic E-state index is 4.57. The van der Waals surface area contributed by atoms with Crippen LogP contribution in [0.15, 0.2) is 91.0 Å². The minimum atomic E-state index is 0.420. The highest BCUT2D eigenvalue weighted by Crippen LogP contribution is 2.24. The van der Waals surface area contributed by atoms with E-state index in [1.54, 1.807) is 11.3 Å². The van der Waals surface area contributed by atoms with Gasteiger partial charge in [0.15, 0.2) is 0 Å². The Morgan fingerprint density at radius 3 is 1.01 bits per heavy atom. The molecule has 6 heterocycles. The lowest BCUT2D eigenvalue weighted by molar-refractivity contribution is 0.729. The molecule has 0 saturated carbocycles. The van der Waals surface area contributed by atoms with Gasteiger partial charge in [-0.2, -0.15) is 0 Å². The SMILES string of the molecule is CC(C)c1cccc(C(C)C)n1.CC(C)c1ccnc(C(C)C)c1.CC(C)c1ccnc(C(C)C)c1.CC(C)c1ccnc(C(C)C)n1.CC(C)c1cncc(C(C)C)c1.CC(C)c1csc(C(C)C)n1. The molecule has 0 amide bonds. The van der Waals surface area contributed by atoms with Crippen LogP contribution in [0.3, 0.4) is 0 Å². The molecule has 392 valence electrons. The molecule has 0 N–H and O–H groups in total. The van der Waals surface area contributed by atoms with E-state index in [1.165, 1.54) is 55.7 Å². The van der Waals surface area contributed by atoms with Gasteiger partial charge in [-0.1, -0.05) is 178 Å². The van der Waals surface area contributed by atoms with Gasteiger partial charge in [0.25, 0.3) is 0 Å². The van der Waals surface area contributed by atoms with Gasteiger partial charge in [0.2, 0.25) is 0 Å². The molecule has 6 aromatic rings. The molecule has 0 fully saturated rings. The van der Waals surface area contributed by atoms with Crippen LogP contribution >= 0.6 is 11.3 Å². The van der Waals surface area contributed by atoms with Crippen LogP contribution in [0.2, 0.25) is 0 Å². The fraction of sp³-hybridized carbons (Fsp3) is 0.571. The zero-order valence-electron chi connectivity index (χ0n) is 49.1. The summed E-state index contributed by atoms with van der Waals surface area (Å²) in [7, 11) is 0. The molecule has 71 heavy (non-hydrogen) atoms. The van der Waals surface area contributed by atoms with E-state index in [9.17, 15) is 0 Å². The van der Waals surface area contributed by atoms with Crippen molar-refractivity contribution in [3.05, 3.63) is 158 Å². The molecule has 8 heteroatoms. The largest absolute Gasteiger partial charge is 0.264 e. The summed E-state index contributed by atoms with van der Waals surface area (Å²) in [4.78, 5) is 30.6. The van der Waals surface area contributed by atoms with Crippen LogP contribution in [-0.2, 0) is 0 Å². The standard InChI is InChI=1S/4C11H17N.C10H16N2.C9H15NS/c1-8(2)10-5-11(9(3)4)7-12-6-10;2*1-8(2)10-5-6-12-11(7-10)9(3)4;1-8(2)10-6-5-7-11(12-10)9(3)4;1-7(2)9-5-6-11-10(12-9)8(3)4;1-6(2)8-5-11-9(10-8)7(3)4/h4*5-9H,1-4H3;5-8H,1-4H3;5-7H,1-4H3. The van der Waals surface area contributed by atoms with E-state index in [1.807, 2.05) is 37.1 Å². The van der Waals surface area contributed by atoms with E-state index in [-0.39, 0.29) is 0 Å². The molecule has 0 atom stereocenters. The Bertz CT molecular complexity index is 1870. The van der Waals surface area contributed by atoms with Crippen LogP contribution in [0.1, 0.15) is 304 Å². The first-order chi connectivity index (χ1) is 33.2. The van der Waals surface area contributed by atoms with Crippen molar-refractivity contribution in [2.24, 2.45) is 0 Å². The van der Waals surface area contributed by atoms with Crippen molar-refractivity contribution in [3.63, 3.8) is 0 Å². The minimum Gasteiger partial charge on any atom is -0.264 e. The van der Waals surface area contributed by atoms with Crippen molar-refractivity contribution in [3.8, 4) is 0 Å². The van der Waals surface area contributed by atoms with Gasteiger partial charge in [0, 0.05) is 76.7 Å². The third kappa shape index (κ3) is 25.0. The highest BCUT2D eigenvalue weighted by molar-refractivity contribution is 7.09. The fourth-order valence-corrected chi connectivity index (χ4v) is 7.32. The summed E-state index contributed by atoms with van der Waals surface area (Å²) >= 11 is 1.77. The Labute approximate surface area is 439 Å². The Morgan fingerprint density at radius 2 is 0.690 bits per heavy atom. The molecular formula is C63H99N7S. The van der Waals surface area contributed by atoms with Gasteiger partial charge in [0.1, 0.15) is 5.82 Å². The van der Waals surface area contributed by atoms with E-state index in [0.717, 1.165) is 11.5 Å². The molecule has 0 unspecified atom stereocenters. The number of nitrogens with zero attached hydrogens (tertiary/aromatic N) is 7. The normalized spacial score (nSPS) is 11.2. The van der Waals surface area contributed by atoms with Gasteiger partial charge in [-0.3, -0.25) is 19.9 Å². The van der Waals surface area contributed by atoms with E-state index in [2.05, 4.69) is 255 Å². The molecule has 0 bridgehead atoms. The lowest BCUT2D eigenvalue weighted by Gasteiger charge is -2.09. The lowest BCUT2D eigenvalue weighted by Crippen LogP contribution is -2.01. The van der Waals surface area contributed by atoms with Crippen molar-refractivity contribution in [2.75, 3.05) is 0 Å². The average molecular weight is 987 g/mol. The number of rotatable bonds is 12. The minimum absolute atomic E-state index is 0.420. The van der Waals surface area contributed by atoms with Crippen molar-refractivity contribution in [1.82, 2.24) is 34.9 Å². The first-order valence-electron chi connectivity index (χ1n) is 26.8. The van der Waals surface area contributed by atoms with Crippen LogP contribution < -0.4 is 0 Å². The summed E-state index contributed by atoms with van der Waals surface area (Å²) in [5, 5.41) is 3.42. The van der Waals surface area contributed by atoms with Crippen molar-refractivity contribution < 1.29 is 0 Å². The maximum atomic E-state index is 4.57. The summed E-state index contributed by atoms with van der Waals surface area (Å²) in [5.41, 5.74) is 12.6. The monoisotopic (exact) mass is 986 g/mol. The smallest absolute Gasteiger partial charge is 0.131 e. The maximum Gasteiger partial charge on any atom is 0.131 e. The number of pyridine rings is 4. The Balaban J connectivity index is 0.000000426. The molecule has 6 aromatic heterocycles. The van der Waals surface area contributed by atoms with Gasteiger partial charge in [-0.05, 0) is 124 Å². The van der Waals surface area contributed by atoms with Crippen LogP contribution in [0.25, 0.3) is 0 Å². The van der Waals surface area contributed by atoms with Crippen LogP contribution in [0, 0.1) is 0 Å². The van der Waals surface area contributed by atoms with Crippen LogP contribution in [0.5, 0.6) is 0 Å². The first kappa shape index (κ1) is 64.3. The zero-order chi connectivity index (χ0) is 54.1. The molecule has 0 aromatic carbocycles. The van der Waals surface area contributed by atoms with Crippen LogP contribution in [0.4, 0.5) is 0 Å². The summed E-state index contributed by atoms with van der Waals surface area (Å²) in [5.74, 6) is 7.49. The second-order valence-electron chi connectivity index (χ2n) is 22.4. The van der Waals surface area contributed by atoms with E-state index in [0.29, 0.717) is 71.0 Å². The Kier molecular flexibility index (Phi) is 30.0. The molecule has 6 rings (SSSR count). The Hall–Kier alpha value is -4.69. The average Bonchev–Trinajstić information content (AvgIpc) is 3.85.